The van der Waals surface area contributed by atoms with Gasteiger partial charge in [-0.3, -0.25) is 0 Å². The fraction of sp³-hybridized carbons (Fsp3) is 0.619. The predicted molar refractivity (Wildman–Crippen MR) is 100 cm³/mol. The molecule has 4 nitrogen and oxygen atoms in total. The summed E-state index contributed by atoms with van der Waals surface area (Å²) in [5.41, 5.74) is 1.51. The van der Waals surface area contributed by atoms with E-state index in [-0.39, 0.29) is 11.5 Å². The molecular weight excluding hydrogens is 316 g/mol. The van der Waals surface area contributed by atoms with Gasteiger partial charge in [-0.15, -0.1) is 0 Å². The van der Waals surface area contributed by atoms with E-state index in [4.69, 9.17) is 4.74 Å². The molecule has 25 heavy (non-hydrogen) atoms. The minimum absolute atomic E-state index is 0.222. The third kappa shape index (κ3) is 8.19. The first-order chi connectivity index (χ1) is 12.0. The van der Waals surface area contributed by atoms with Crippen molar-refractivity contribution in [3.8, 4) is 0 Å². The third-order valence-electron chi connectivity index (χ3n) is 4.28. The fourth-order valence-electron chi connectivity index (χ4n) is 2.74. The minimum Gasteiger partial charge on any atom is -0.478 e. The number of carbonyl (C=O) groups is 2. The summed E-state index contributed by atoms with van der Waals surface area (Å²) < 4.78 is 5.29. The molecule has 140 valence electrons. The van der Waals surface area contributed by atoms with Crippen molar-refractivity contribution >= 4 is 11.9 Å². The number of benzene rings is 1. The maximum absolute atomic E-state index is 12.3. The first-order valence-corrected chi connectivity index (χ1v) is 9.49. The lowest BCUT2D eigenvalue weighted by molar-refractivity contribution is 0.0497. The topological polar surface area (TPSA) is 63.6 Å². The van der Waals surface area contributed by atoms with Gasteiger partial charge in [0.2, 0.25) is 0 Å². The molecule has 1 aromatic carbocycles. The van der Waals surface area contributed by atoms with Crippen LogP contribution in [0.15, 0.2) is 18.2 Å². The van der Waals surface area contributed by atoms with Crippen LogP contribution in [0.25, 0.3) is 0 Å². The van der Waals surface area contributed by atoms with Gasteiger partial charge in [-0.2, -0.15) is 0 Å². The smallest absolute Gasteiger partial charge is 0.338 e. The Kier molecular flexibility index (Phi) is 9.90. The van der Waals surface area contributed by atoms with Crippen molar-refractivity contribution < 1.29 is 19.4 Å². The van der Waals surface area contributed by atoms with Crippen molar-refractivity contribution in [3.05, 3.63) is 34.9 Å². The number of carbonyl (C=O) groups excluding carboxylic acids is 1. The molecule has 0 aliphatic rings. The molecule has 0 unspecified atom stereocenters. The second-order valence-corrected chi connectivity index (χ2v) is 7.01. The van der Waals surface area contributed by atoms with E-state index in [1.165, 1.54) is 25.3 Å². The molecule has 0 amide bonds. The van der Waals surface area contributed by atoms with E-state index in [1.54, 1.807) is 12.1 Å². The van der Waals surface area contributed by atoms with Crippen LogP contribution >= 0.6 is 0 Å². The number of aryl methyl sites for hydroxylation is 1. The highest BCUT2D eigenvalue weighted by Crippen LogP contribution is 2.18. The molecular formula is C21H32O4. The van der Waals surface area contributed by atoms with Gasteiger partial charge in [0.25, 0.3) is 0 Å². The van der Waals surface area contributed by atoms with E-state index in [2.05, 4.69) is 13.8 Å². The summed E-state index contributed by atoms with van der Waals surface area (Å²) in [7, 11) is 0. The minimum atomic E-state index is -0.968. The van der Waals surface area contributed by atoms with E-state index >= 15 is 0 Å². The van der Waals surface area contributed by atoms with E-state index in [0.717, 1.165) is 37.2 Å². The first kappa shape index (κ1) is 21.2. The zero-order valence-electron chi connectivity index (χ0n) is 15.8. The summed E-state index contributed by atoms with van der Waals surface area (Å²) in [5, 5.41) is 9.19. The molecule has 4 heteroatoms. The van der Waals surface area contributed by atoms with Gasteiger partial charge in [0.15, 0.2) is 0 Å². The Morgan fingerprint density at radius 3 is 2.44 bits per heavy atom. The predicted octanol–water partition coefficient (Wildman–Crippen LogP) is 5.49. The van der Waals surface area contributed by atoms with Gasteiger partial charge in [-0.25, -0.2) is 9.59 Å². The van der Waals surface area contributed by atoms with Crippen molar-refractivity contribution in [2.75, 3.05) is 6.61 Å². The maximum Gasteiger partial charge on any atom is 0.338 e. The van der Waals surface area contributed by atoms with E-state index in [0.29, 0.717) is 18.6 Å². The third-order valence-corrected chi connectivity index (χ3v) is 4.28. The Hall–Kier alpha value is -1.84. The Labute approximate surface area is 151 Å². The van der Waals surface area contributed by atoms with Crippen LogP contribution in [-0.4, -0.2) is 23.7 Å². The van der Waals surface area contributed by atoms with Gasteiger partial charge in [-0.1, -0.05) is 52.9 Å². The van der Waals surface area contributed by atoms with Crippen molar-refractivity contribution in [1.82, 2.24) is 0 Å². The Morgan fingerprint density at radius 1 is 1.08 bits per heavy atom. The van der Waals surface area contributed by atoms with Gasteiger partial charge < -0.3 is 9.84 Å². The number of carboxylic acid groups (broad SMARTS) is 1. The van der Waals surface area contributed by atoms with Crippen molar-refractivity contribution in [3.63, 3.8) is 0 Å². The second kappa shape index (κ2) is 11.7. The molecule has 0 saturated heterocycles. The monoisotopic (exact) mass is 348 g/mol. The second-order valence-electron chi connectivity index (χ2n) is 7.01. The molecule has 1 N–H and O–H groups in total. The number of ether oxygens (including phenoxy) is 1. The van der Waals surface area contributed by atoms with Gasteiger partial charge >= 0.3 is 11.9 Å². The highest BCUT2D eigenvalue weighted by molar-refractivity contribution is 5.94. The Bertz CT molecular complexity index is 549. The molecule has 0 heterocycles. The van der Waals surface area contributed by atoms with Crippen molar-refractivity contribution in [1.29, 1.82) is 0 Å². The van der Waals surface area contributed by atoms with Crippen LogP contribution < -0.4 is 0 Å². The molecule has 0 bridgehead atoms. The highest BCUT2D eigenvalue weighted by Gasteiger charge is 2.15. The lowest BCUT2D eigenvalue weighted by atomic mass is 9.97. The van der Waals surface area contributed by atoms with Crippen LogP contribution in [-0.2, 0) is 11.2 Å². The number of esters is 1. The van der Waals surface area contributed by atoms with Crippen LogP contribution in [0.4, 0.5) is 0 Å². The van der Waals surface area contributed by atoms with Gasteiger partial charge in [0.05, 0.1) is 17.7 Å². The van der Waals surface area contributed by atoms with E-state index in [1.807, 2.05) is 6.92 Å². The zero-order chi connectivity index (χ0) is 18.7. The molecule has 0 aliphatic carbocycles. The van der Waals surface area contributed by atoms with E-state index in [9.17, 15) is 14.7 Å². The van der Waals surface area contributed by atoms with Crippen LogP contribution in [0.5, 0.6) is 0 Å². The van der Waals surface area contributed by atoms with Crippen LogP contribution in [0.1, 0.15) is 92.0 Å². The summed E-state index contributed by atoms with van der Waals surface area (Å²) in [6.07, 6.45) is 8.19. The van der Waals surface area contributed by atoms with Crippen LogP contribution in [0, 0.1) is 5.92 Å². The van der Waals surface area contributed by atoms with Crippen molar-refractivity contribution in [2.24, 2.45) is 5.92 Å². The number of hydrogen-bond acceptors (Lipinski definition) is 3. The maximum atomic E-state index is 12.3. The summed E-state index contributed by atoms with van der Waals surface area (Å²) in [4.78, 5) is 23.5. The molecule has 0 fully saturated rings. The quantitative estimate of drug-likeness (QED) is 0.401. The fourth-order valence-corrected chi connectivity index (χ4v) is 2.74. The standard InChI is InChI=1S/C21H32O4/c1-4-5-14-25-21(24)19-13-12-18(20(22)23)15-17(19)11-9-7-6-8-10-16(2)3/h12-13,15-16H,4-11,14H2,1-3H3,(H,22,23). The SMILES string of the molecule is CCCCOC(=O)c1ccc(C(=O)O)cc1CCCCCCC(C)C. The highest BCUT2D eigenvalue weighted by atomic mass is 16.5. The van der Waals surface area contributed by atoms with E-state index < -0.39 is 5.97 Å². The average molecular weight is 348 g/mol. The first-order valence-electron chi connectivity index (χ1n) is 9.49. The molecule has 1 aromatic rings. The largest absolute Gasteiger partial charge is 0.478 e. The molecule has 1 rings (SSSR count). The summed E-state index contributed by atoms with van der Waals surface area (Å²) in [5.74, 6) is -0.582. The molecule has 0 radical (unpaired) electrons. The van der Waals surface area contributed by atoms with Gasteiger partial charge in [0.1, 0.15) is 0 Å². The zero-order valence-corrected chi connectivity index (χ0v) is 15.8. The lowest BCUT2D eigenvalue weighted by Crippen LogP contribution is -2.11. The summed E-state index contributed by atoms with van der Waals surface area (Å²) >= 11 is 0. The molecule has 0 spiro atoms. The van der Waals surface area contributed by atoms with Crippen LogP contribution in [0.3, 0.4) is 0 Å². The van der Waals surface area contributed by atoms with Crippen LogP contribution in [0.2, 0.25) is 0 Å². The lowest BCUT2D eigenvalue weighted by Gasteiger charge is -2.11. The summed E-state index contributed by atoms with van der Waals surface area (Å²) in [6, 6.07) is 4.68. The molecule has 0 saturated carbocycles. The average Bonchev–Trinajstić information content (AvgIpc) is 2.57. The number of rotatable bonds is 12. The normalized spacial score (nSPS) is 10.9. The number of hydrogen-bond donors (Lipinski definition) is 1. The number of carboxylic acids is 1. The molecule has 0 atom stereocenters. The Morgan fingerprint density at radius 2 is 1.80 bits per heavy atom. The molecule has 0 aliphatic heterocycles. The number of unbranched alkanes of at least 4 members (excludes halogenated alkanes) is 4. The summed E-state index contributed by atoms with van der Waals surface area (Å²) in [6.45, 7) is 6.91. The number of aromatic carboxylic acids is 1. The molecule has 0 aromatic heterocycles. The van der Waals surface area contributed by atoms with Gasteiger partial charge in [0, 0.05) is 0 Å². The Balaban J connectivity index is 2.67. The van der Waals surface area contributed by atoms with Crippen molar-refractivity contribution in [2.45, 2.75) is 72.1 Å². The van der Waals surface area contributed by atoms with Gasteiger partial charge in [-0.05, 0) is 48.9 Å².